The highest BCUT2D eigenvalue weighted by Gasteiger charge is 2.21. The molecule has 6 nitrogen and oxygen atoms in total. The highest BCUT2D eigenvalue weighted by molar-refractivity contribution is 7.99. The van der Waals surface area contributed by atoms with Gasteiger partial charge in [0, 0.05) is 11.7 Å². The molecule has 2 aromatic rings. The van der Waals surface area contributed by atoms with Crippen molar-refractivity contribution in [3.8, 4) is 5.69 Å². The fraction of sp³-hybridized carbons (Fsp3) is 0.591. The number of amides is 1. The van der Waals surface area contributed by atoms with Gasteiger partial charge in [0.15, 0.2) is 11.0 Å². The van der Waals surface area contributed by atoms with E-state index in [-0.39, 0.29) is 5.91 Å². The van der Waals surface area contributed by atoms with Crippen molar-refractivity contribution >= 4 is 17.7 Å². The first-order valence-electron chi connectivity index (χ1n) is 10.9. The number of rotatable bonds is 7. The van der Waals surface area contributed by atoms with E-state index in [1.165, 1.54) is 50.3 Å². The van der Waals surface area contributed by atoms with Crippen LogP contribution in [0.1, 0.15) is 57.2 Å². The molecule has 0 bridgehead atoms. The largest absolute Gasteiger partial charge is 0.353 e. The number of nitrogens with zero attached hydrogens (tertiary/aromatic N) is 4. The quantitative estimate of drug-likeness (QED) is 0.553. The molecule has 7 heteroatoms. The molecule has 2 fully saturated rings. The van der Waals surface area contributed by atoms with Crippen molar-refractivity contribution in [1.82, 2.24) is 25.0 Å². The molecule has 1 saturated heterocycles. The summed E-state index contributed by atoms with van der Waals surface area (Å²) in [5.41, 5.74) is 1.05. The summed E-state index contributed by atoms with van der Waals surface area (Å²) in [5.74, 6) is 1.43. The van der Waals surface area contributed by atoms with E-state index in [1.54, 1.807) is 0 Å². The lowest BCUT2D eigenvalue weighted by molar-refractivity contribution is -0.119. The summed E-state index contributed by atoms with van der Waals surface area (Å²) in [6.07, 6.45) is 9.75. The summed E-state index contributed by atoms with van der Waals surface area (Å²) in [7, 11) is 0. The molecule has 29 heavy (non-hydrogen) atoms. The predicted molar refractivity (Wildman–Crippen MR) is 116 cm³/mol. The number of benzene rings is 1. The summed E-state index contributed by atoms with van der Waals surface area (Å²) >= 11 is 1.48. The number of likely N-dealkylation sites (tertiary alicyclic amines) is 1. The van der Waals surface area contributed by atoms with Gasteiger partial charge in [-0.2, -0.15) is 0 Å². The van der Waals surface area contributed by atoms with Crippen LogP contribution in [-0.4, -0.2) is 50.5 Å². The van der Waals surface area contributed by atoms with E-state index >= 15 is 0 Å². The first-order chi connectivity index (χ1) is 14.3. The second kappa shape index (κ2) is 10.3. The number of thioether (sulfide) groups is 1. The summed E-state index contributed by atoms with van der Waals surface area (Å²) in [4.78, 5) is 15.0. The Labute approximate surface area is 177 Å². The van der Waals surface area contributed by atoms with Gasteiger partial charge in [-0.15, -0.1) is 10.2 Å². The van der Waals surface area contributed by atoms with E-state index in [9.17, 15) is 4.79 Å². The van der Waals surface area contributed by atoms with Gasteiger partial charge in [0.1, 0.15) is 0 Å². The van der Waals surface area contributed by atoms with Crippen LogP contribution in [-0.2, 0) is 11.3 Å². The predicted octanol–water partition coefficient (Wildman–Crippen LogP) is 3.79. The Morgan fingerprint density at radius 3 is 2.45 bits per heavy atom. The molecule has 1 aromatic carbocycles. The van der Waals surface area contributed by atoms with Gasteiger partial charge in [-0.1, -0.05) is 55.6 Å². The van der Waals surface area contributed by atoms with Crippen molar-refractivity contribution in [1.29, 1.82) is 0 Å². The molecule has 0 radical (unpaired) electrons. The third kappa shape index (κ3) is 5.60. The zero-order chi connectivity index (χ0) is 19.9. The number of carbonyl (C=O) groups excluding carboxylic acids is 1. The zero-order valence-corrected chi connectivity index (χ0v) is 17.9. The molecule has 1 saturated carbocycles. The van der Waals surface area contributed by atoms with Gasteiger partial charge in [0.2, 0.25) is 5.91 Å². The third-order valence-electron chi connectivity index (χ3n) is 5.83. The lowest BCUT2D eigenvalue weighted by atomic mass is 10.1. The molecular weight excluding hydrogens is 382 g/mol. The fourth-order valence-corrected chi connectivity index (χ4v) is 5.08. The summed E-state index contributed by atoms with van der Waals surface area (Å²) in [6, 6.07) is 10.6. The van der Waals surface area contributed by atoms with E-state index in [0.29, 0.717) is 11.8 Å². The Morgan fingerprint density at radius 1 is 1.00 bits per heavy atom. The molecule has 1 aliphatic heterocycles. The molecule has 2 aliphatic rings. The van der Waals surface area contributed by atoms with Gasteiger partial charge in [-0.25, -0.2) is 0 Å². The van der Waals surface area contributed by atoms with Crippen molar-refractivity contribution in [3.05, 3.63) is 36.2 Å². The minimum absolute atomic E-state index is 0.102. The number of nitrogens with one attached hydrogen (secondary N) is 1. The Morgan fingerprint density at radius 2 is 1.72 bits per heavy atom. The molecule has 1 aliphatic carbocycles. The smallest absolute Gasteiger partial charge is 0.230 e. The molecule has 0 spiro atoms. The normalized spacial score (nSPS) is 18.6. The number of carbonyl (C=O) groups is 1. The Bertz CT molecular complexity index is 780. The molecule has 4 rings (SSSR count). The Hall–Kier alpha value is -1.86. The van der Waals surface area contributed by atoms with Gasteiger partial charge in [0.05, 0.1) is 12.3 Å². The summed E-state index contributed by atoms with van der Waals surface area (Å²) in [5, 5.41) is 12.9. The highest BCUT2D eigenvalue weighted by Crippen LogP contribution is 2.24. The van der Waals surface area contributed by atoms with Crippen molar-refractivity contribution in [2.24, 2.45) is 0 Å². The Balaban J connectivity index is 1.43. The van der Waals surface area contributed by atoms with Crippen LogP contribution in [0.25, 0.3) is 5.69 Å². The standard InChI is InChI=1S/C22H31N5OS/c28-21(23-18-10-4-1-2-5-11-18)17-29-22-25-24-20(16-26-14-8-9-15-26)27(22)19-12-6-3-7-13-19/h3,6-7,12-13,18H,1-2,4-5,8-11,14-17H2,(H,23,28). The van der Waals surface area contributed by atoms with E-state index in [2.05, 4.69) is 37.1 Å². The summed E-state index contributed by atoms with van der Waals surface area (Å²) in [6.45, 7) is 3.04. The van der Waals surface area contributed by atoms with Crippen LogP contribution in [0.3, 0.4) is 0 Å². The van der Waals surface area contributed by atoms with Crippen LogP contribution in [0.15, 0.2) is 35.5 Å². The van der Waals surface area contributed by atoms with Crippen molar-refractivity contribution in [3.63, 3.8) is 0 Å². The molecular formula is C22H31N5OS. The SMILES string of the molecule is O=C(CSc1nnc(CN2CCCC2)n1-c1ccccc1)NC1CCCCCC1. The second-order valence-electron chi connectivity index (χ2n) is 8.10. The van der Waals surface area contributed by atoms with E-state index in [4.69, 9.17) is 0 Å². The summed E-state index contributed by atoms with van der Waals surface area (Å²) < 4.78 is 2.11. The molecule has 0 unspecified atom stereocenters. The van der Waals surface area contributed by atoms with Gasteiger partial charge < -0.3 is 5.32 Å². The van der Waals surface area contributed by atoms with Crippen LogP contribution in [0.4, 0.5) is 0 Å². The molecule has 2 heterocycles. The average molecular weight is 414 g/mol. The Kier molecular flexibility index (Phi) is 7.22. The monoisotopic (exact) mass is 413 g/mol. The number of hydrogen-bond acceptors (Lipinski definition) is 5. The van der Waals surface area contributed by atoms with E-state index in [1.807, 2.05) is 18.2 Å². The van der Waals surface area contributed by atoms with Crippen LogP contribution in [0.2, 0.25) is 0 Å². The molecule has 1 amide bonds. The topological polar surface area (TPSA) is 63.1 Å². The highest BCUT2D eigenvalue weighted by atomic mass is 32.2. The average Bonchev–Trinajstić information content (AvgIpc) is 3.32. The maximum Gasteiger partial charge on any atom is 0.230 e. The van der Waals surface area contributed by atoms with Gasteiger partial charge >= 0.3 is 0 Å². The molecule has 0 atom stereocenters. The zero-order valence-electron chi connectivity index (χ0n) is 17.1. The van der Waals surface area contributed by atoms with Crippen molar-refractivity contribution in [2.75, 3.05) is 18.8 Å². The molecule has 156 valence electrons. The minimum Gasteiger partial charge on any atom is -0.353 e. The first kappa shape index (κ1) is 20.4. The van der Waals surface area contributed by atoms with Crippen LogP contribution in [0, 0.1) is 0 Å². The maximum atomic E-state index is 12.5. The minimum atomic E-state index is 0.102. The lowest BCUT2D eigenvalue weighted by Crippen LogP contribution is -2.35. The van der Waals surface area contributed by atoms with Crippen molar-refractivity contribution in [2.45, 2.75) is 69.1 Å². The third-order valence-corrected chi connectivity index (χ3v) is 6.76. The fourth-order valence-electron chi connectivity index (χ4n) is 4.30. The lowest BCUT2D eigenvalue weighted by Gasteiger charge is -2.17. The van der Waals surface area contributed by atoms with Crippen LogP contribution in [0.5, 0.6) is 0 Å². The van der Waals surface area contributed by atoms with Crippen LogP contribution < -0.4 is 5.32 Å². The molecule has 1 N–H and O–H groups in total. The number of para-hydroxylation sites is 1. The maximum absolute atomic E-state index is 12.5. The second-order valence-corrected chi connectivity index (χ2v) is 9.04. The number of hydrogen-bond donors (Lipinski definition) is 1. The number of aromatic nitrogens is 3. The van der Waals surface area contributed by atoms with E-state index in [0.717, 1.165) is 49.1 Å². The van der Waals surface area contributed by atoms with Crippen molar-refractivity contribution < 1.29 is 4.79 Å². The van der Waals surface area contributed by atoms with Gasteiger partial charge in [-0.3, -0.25) is 14.3 Å². The first-order valence-corrected chi connectivity index (χ1v) is 11.9. The van der Waals surface area contributed by atoms with Crippen LogP contribution >= 0.6 is 11.8 Å². The van der Waals surface area contributed by atoms with Gasteiger partial charge in [-0.05, 0) is 50.9 Å². The van der Waals surface area contributed by atoms with E-state index < -0.39 is 0 Å². The van der Waals surface area contributed by atoms with Gasteiger partial charge in [0.25, 0.3) is 0 Å². The molecule has 1 aromatic heterocycles.